The lowest BCUT2D eigenvalue weighted by atomic mass is 10.3. The van der Waals surface area contributed by atoms with E-state index in [1.807, 2.05) is 0 Å². The van der Waals surface area contributed by atoms with Crippen LogP contribution in [0.3, 0.4) is 0 Å². The molecule has 0 radical (unpaired) electrons. The summed E-state index contributed by atoms with van der Waals surface area (Å²) in [6, 6.07) is 0. The van der Waals surface area contributed by atoms with Gasteiger partial charge in [-0.05, 0) is 13.8 Å². The second-order valence-corrected chi connectivity index (χ2v) is 1.07. The Morgan fingerprint density at radius 2 is 2.83 bits per heavy atom. The molecule has 1 heteroatoms. The fraction of sp³-hybridized carbons (Fsp3) is 0.600. The van der Waals surface area contributed by atoms with Crippen LogP contribution in [0.2, 0.25) is 0 Å². The van der Waals surface area contributed by atoms with Crippen molar-refractivity contribution < 1.29 is 9.22 Å². The van der Waals surface area contributed by atoms with E-state index in [0.717, 1.165) is 0 Å². The van der Waals surface area contributed by atoms with E-state index in [4.69, 9.17) is 9.22 Å². The van der Waals surface area contributed by atoms with Crippen LogP contribution >= 0.6 is 0 Å². The first-order chi connectivity index (χ1) is 3.98. The number of aliphatic hydroxyl groups is 1. The molecular weight excluding hydrogens is 76.1 g/mol. The molecule has 0 atom stereocenters. The number of hydrogen-bond acceptors (Lipinski definition) is 1. The molecule has 0 amide bonds. The Morgan fingerprint density at radius 3 is 3.00 bits per heavy atom. The summed E-state index contributed by atoms with van der Waals surface area (Å²) in [6.07, 6.45) is 1.28. The Bertz CT molecular complexity index is 114. The van der Waals surface area contributed by atoms with E-state index in [2.05, 4.69) is 0 Å². The van der Waals surface area contributed by atoms with Gasteiger partial charge in [0.2, 0.25) is 0 Å². The average molecular weight is 89.2 g/mol. The quantitative estimate of drug-likeness (QED) is 0.474. The number of rotatable bonds is 1. The van der Waals surface area contributed by atoms with Crippen molar-refractivity contribution in [3.63, 3.8) is 0 Å². The van der Waals surface area contributed by atoms with Crippen molar-refractivity contribution in [1.82, 2.24) is 0 Å². The van der Waals surface area contributed by atoms with E-state index in [0.29, 0.717) is 0 Å². The molecule has 0 heterocycles. The molecule has 0 aromatic rings. The van der Waals surface area contributed by atoms with Crippen LogP contribution in [0, 0.1) is 0 Å². The van der Waals surface area contributed by atoms with E-state index in [9.17, 15) is 0 Å². The van der Waals surface area contributed by atoms with Gasteiger partial charge in [0.05, 0.1) is 6.61 Å². The lowest BCUT2D eigenvalue weighted by Gasteiger charge is -1.80. The lowest BCUT2D eigenvalue weighted by molar-refractivity contribution is 0.342. The molecule has 6 heavy (non-hydrogen) atoms. The van der Waals surface area contributed by atoms with Crippen molar-refractivity contribution in [2.24, 2.45) is 0 Å². The van der Waals surface area contributed by atoms with Crippen LogP contribution in [-0.2, 0) is 0 Å². The van der Waals surface area contributed by atoms with Gasteiger partial charge < -0.3 is 5.11 Å². The van der Waals surface area contributed by atoms with Gasteiger partial charge >= 0.3 is 0 Å². The smallest absolute Gasteiger partial charge is 0.0614 e. The molecule has 0 saturated carbocycles. The fourth-order valence-electron chi connectivity index (χ4n) is 0.137. The second kappa shape index (κ2) is 2.91. The fourth-order valence-corrected chi connectivity index (χ4v) is 0.137. The van der Waals surface area contributed by atoms with Crippen molar-refractivity contribution in [3.8, 4) is 0 Å². The Morgan fingerprint density at radius 1 is 2.17 bits per heavy atom. The van der Waals surface area contributed by atoms with Crippen LogP contribution in [0.5, 0.6) is 0 Å². The monoisotopic (exact) mass is 89.1 g/mol. The third-order valence-corrected chi connectivity index (χ3v) is 0.397. The van der Waals surface area contributed by atoms with Crippen molar-refractivity contribution in [1.29, 1.82) is 0 Å². The van der Waals surface area contributed by atoms with Gasteiger partial charge in [0.1, 0.15) is 0 Å². The molecule has 0 bridgehead atoms. The summed E-state index contributed by atoms with van der Waals surface area (Å²) < 4.78 is 20.4. The van der Waals surface area contributed by atoms with Gasteiger partial charge in [0, 0.05) is 4.11 Å². The first-order valence-corrected chi connectivity index (χ1v) is 1.76. The number of hydrogen-bond donors (Lipinski definition) is 1. The zero-order valence-electron chi connectivity index (χ0n) is 6.73. The maximum atomic E-state index is 8.27. The number of aliphatic hydroxyl groups excluding tert-OH is 1. The van der Waals surface area contributed by atoms with Crippen LogP contribution in [0.4, 0.5) is 0 Å². The van der Waals surface area contributed by atoms with Crippen LogP contribution < -0.4 is 0 Å². The minimum atomic E-state index is -2.04. The summed E-state index contributed by atoms with van der Waals surface area (Å²) in [7, 11) is 0. The third kappa shape index (κ3) is 3.70. The third-order valence-electron chi connectivity index (χ3n) is 0.397. The molecule has 0 aromatic heterocycles. The molecule has 0 spiro atoms. The summed E-state index contributed by atoms with van der Waals surface area (Å²) in [5.74, 6) is 0. The van der Waals surface area contributed by atoms with Gasteiger partial charge in [0.25, 0.3) is 0 Å². The molecular formula is C5H10O. The zero-order valence-corrected chi connectivity index (χ0v) is 3.73. The van der Waals surface area contributed by atoms with Gasteiger partial charge in [-0.2, -0.15) is 0 Å². The minimum Gasteiger partial charge on any atom is -0.392 e. The largest absolute Gasteiger partial charge is 0.392 e. The van der Waals surface area contributed by atoms with Crippen molar-refractivity contribution in [3.05, 3.63) is 11.6 Å². The molecule has 0 aliphatic carbocycles. The van der Waals surface area contributed by atoms with Gasteiger partial charge in [-0.3, -0.25) is 0 Å². The van der Waals surface area contributed by atoms with Gasteiger partial charge in [0.15, 0.2) is 0 Å². The minimum absolute atomic E-state index is 0.204. The molecule has 0 aromatic carbocycles. The van der Waals surface area contributed by atoms with Gasteiger partial charge in [-0.15, -0.1) is 0 Å². The van der Waals surface area contributed by atoms with E-state index >= 15 is 0 Å². The Hall–Kier alpha value is -0.300. The zero-order chi connectivity index (χ0) is 7.49. The van der Waals surface area contributed by atoms with E-state index < -0.39 is 6.85 Å². The predicted molar refractivity (Wildman–Crippen MR) is 26.5 cm³/mol. The summed E-state index contributed by atoms with van der Waals surface area (Å²) >= 11 is 0. The summed E-state index contributed by atoms with van der Waals surface area (Å²) in [5.41, 5.74) is 0.241. The molecule has 1 nitrogen and oxygen atoms in total. The topological polar surface area (TPSA) is 20.2 Å². The summed E-state index contributed by atoms with van der Waals surface area (Å²) in [5, 5.41) is 8.27. The lowest BCUT2D eigenvalue weighted by Crippen LogP contribution is -1.71. The standard InChI is InChI=1S/C5H10O/c1-5(2)3-4-6/h3,6H,4H2,1-2H3/i1D3/b5-3-. The van der Waals surface area contributed by atoms with Crippen molar-refractivity contribution in [2.75, 3.05) is 6.61 Å². The van der Waals surface area contributed by atoms with Crippen molar-refractivity contribution >= 4 is 0 Å². The van der Waals surface area contributed by atoms with E-state index in [-0.39, 0.29) is 12.2 Å². The molecule has 36 valence electrons. The van der Waals surface area contributed by atoms with Crippen LogP contribution in [0.25, 0.3) is 0 Å². The highest BCUT2D eigenvalue weighted by molar-refractivity contribution is 4.91. The SMILES string of the molecule is [2H]C([2H])([2H])/C(C)=C/CO. The van der Waals surface area contributed by atoms with Crippen LogP contribution in [-0.4, -0.2) is 11.7 Å². The predicted octanol–water partition coefficient (Wildman–Crippen LogP) is 0.945. The Balaban J connectivity index is 4.03. The van der Waals surface area contributed by atoms with Gasteiger partial charge in [-0.25, -0.2) is 0 Å². The molecule has 0 rings (SSSR count). The molecule has 0 fully saturated rings. The molecule has 0 aliphatic heterocycles. The molecule has 0 saturated heterocycles. The first-order valence-electron chi connectivity index (χ1n) is 3.26. The highest BCUT2D eigenvalue weighted by atomic mass is 16.2. The van der Waals surface area contributed by atoms with Crippen LogP contribution in [0.15, 0.2) is 11.6 Å². The highest BCUT2D eigenvalue weighted by Crippen LogP contribution is 1.83. The first kappa shape index (κ1) is 2.12. The van der Waals surface area contributed by atoms with E-state index in [1.165, 1.54) is 13.0 Å². The maximum Gasteiger partial charge on any atom is 0.0614 e. The molecule has 1 N–H and O–H groups in total. The molecule has 0 unspecified atom stereocenters. The van der Waals surface area contributed by atoms with Gasteiger partial charge in [-0.1, -0.05) is 11.6 Å². The van der Waals surface area contributed by atoms with Crippen LogP contribution in [0.1, 0.15) is 17.9 Å². The Labute approximate surface area is 42.5 Å². The molecule has 0 aliphatic rings. The normalized spacial score (nSPS) is 21.7. The summed E-state index contributed by atoms with van der Waals surface area (Å²) in [4.78, 5) is 0. The maximum absolute atomic E-state index is 8.27. The second-order valence-electron chi connectivity index (χ2n) is 1.07. The van der Waals surface area contributed by atoms with E-state index in [1.54, 1.807) is 0 Å². The Kier molecular flexibility index (Phi) is 1.03. The summed E-state index contributed by atoms with van der Waals surface area (Å²) in [6.45, 7) is -0.768. The highest BCUT2D eigenvalue weighted by Gasteiger charge is 1.68. The average Bonchev–Trinajstić information content (AvgIpc) is 1.64. The number of allylic oxidation sites excluding steroid dienone is 1. The van der Waals surface area contributed by atoms with Crippen molar-refractivity contribution in [2.45, 2.75) is 13.8 Å².